The maximum atomic E-state index is 12.4. The van der Waals surface area contributed by atoms with E-state index in [1.807, 2.05) is 0 Å². The fourth-order valence-electron chi connectivity index (χ4n) is 3.31. The van der Waals surface area contributed by atoms with Gasteiger partial charge in [-0.3, -0.25) is 14.4 Å². The molecule has 0 aromatic heterocycles. The molecule has 0 aliphatic heterocycles. The maximum absolute atomic E-state index is 12.4. The lowest BCUT2D eigenvalue weighted by Crippen LogP contribution is -2.43. The topological polar surface area (TPSA) is 82.1 Å². The first-order valence-corrected chi connectivity index (χ1v) is 12.5. The summed E-state index contributed by atoms with van der Waals surface area (Å²) in [5.41, 5.74) is 0. The lowest BCUT2D eigenvalue weighted by molar-refractivity contribution is -0.146. The van der Waals surface area contributed by atoms with Crippen LogP contribution in [0.25, 0.3) is 0 Å². The van der Waals surface area contributed by atoms with Crippen LogP contribution in [0.15, 0.2) is 12.2 Å². The smallest absolute Gasteiger partial charge is 0.302 e. The van der Waals surface area contributed by atoms with Crippen LogP contribution in [-0.2, 0) is 28.6 Å². The predicted molar refractivity (Wildman–Crippen MR) is 131 cm³/mol. The first-order chi connectivity index (χ1) is 15.8. The van der Waals surface area contributed by atoms with E-state index < -0.39 is 0 Å². The SMILES string of the molecule is COC[C@@H](COC(C)=O)N(C)C(=O)CCC=CCCCCC(Cl)CCCCCCOC(C)=O. The maximum Gasteiger partial charge on any atom is 0.302 e. The average Bonchev–Trinajstić information content (AvgIpc) is 2.76. The quantitative estimate of drug-likeness (QED) is 0.103. The Bertz CT molecular complexity index is 569. The van der Waals surface area contributed by atoms with Gasteiger partial charge < -0.3 is 19.1 Å². The van der Waals surface area contributed by atoms with Crippen LogP contribution in [0.3, 0.4) is 0 Å². The van der Waals surface area contributed by atoms with Gasteiger partial charge in [-0.1, -0.05) is 37.8 Å². The summed E-state index contributed by atoms with van der Waals surface area (Å²) in [6.07, 6.45) is 14.7. The molecule has 0 bridgehead atoms. The molecule has 0 heterocycles. The Kier molecular flexibility index (Phi) is 20.0. The number of esters is 2. The number of rotatable bonds is 20. The molecular formula is C25H44ClNO6. The molecule has 0 radical (unpaired) electrons. The molecule has 0 aliphatic carbocycles. The zero-order valence-corrected chi connectivity index (χ0v) is 21.7. The van der Waals surface area contributed by atoms with E-state index in [4.69, 9.17) is 25.8 Å². The Labute approximate surface area is 205 Å². The number of allylic oxidation sites excluding steroid dienone is 2. The van der Waals surface area contributed by atoms with Gasteiger partial charge in [-0.05, 0) is 38.5 Å². The highest BCUT2D eigenvalue weighted by Crippen LogP contribution is 2.17. The largest absolute Gasteiger partial charge is 0.466 e. The number of ether oxygens (including phenoxy) is 3. The number of hydrogen-bond acceptors (Lipinski definition) is 6. The average molecular weight is 490 g/mol. The summed E-state index contributed by atoms with van der Waals surface area (Å²) >= 11 is 6.41. The molecule has 0 rings (SSSR count). The Hall–Kier alpha value is -1.60. The summed E-state index contributed by atoms with van der Waals surface area (Å²) < 4.78 is 15.1. The van der Waals surface area contributed by atoms with Crippen molar-refractivity contribution in [2.75, 3.05) is 34.0 Å². The normalized spacial score (nSPS) is 13.0. The van der Waals surface area contributed by atoms with Crippen LogP contribution in [0.1, 0.15) is 84.5 Å². The van der Waals surface area contributed by atoms with Gasteiger partial charge in [0.1, 0.15) is 6.61 Å². The van der Waals surface area contributed by atoms with Gasteiger partial charge in [-0.25, -0.2) is 0 Å². The molecule has 0 saturated heterocycles. The number of halogens is 1. The molecular weight excluding hydrogens is 446 g/mol. The van der Waals surface area contributed by atoms with Gasteiger partial charge in [0, 0.05) is 39.8 Å². The number of nitrogens with zero attached hydrogens (tertiary/aromatic N) is 1. The van der Waals surface area contributed by atoms with Crippen LogP contribution < -0.4 is 0 Å². The third-order valence-corrected chi connectivity index (χ3v) is 5.76. The molecule has 192 valence electrons. The van der Waals surface area contributed by atoms with E-state index in [1.54, 1.807) is 19.1 Å². The molecule has 0 fully saturated rings. The van der Waals surface area contributed by atoms with E-state index in [2.05, 4.69) is 12.2 Å². The lowest BCUT2D eigenvalue weighted by Gasteiger charge is -2.27. The van der Waals surface area contributed by atoms with E-state index in [0.29, 0.717) is 26.1 Å². The molecule has 0 saturated carbocycles. The summed E-state index contributed by atoms with van der Waals surface area (Å²) in [4.78, 5) is 35.7. The minimum Gasteiger partial charge on any atom is -0.466 e. The Morgan fingerprint density at radius 3 is 2.09 bits per heavy atom. The molecule has 0 aliphatic rings. The second-order valence-electron chi connectivity index (χ2n) is 8.35. The van der Waals surface area contributed by atoms with Crippen LogP contribution in [0, 0.1) is 0 Å². The van der Waals surface area contributed by atoms with Crippen molar-refractivity contribution in [3.05, 3.63) is 12.2 Å². The molecule has 0 aromatic rings. The summed E-state index contributed by atoms with van der Waals surface area (Å²) in [5.74, 6) is -0.575. The number of carbonyl (C=O) groups excluding carboxylic acids is 3. The molecule has 0 aromatic carbocycles. The fraction of sp³-hybridized carbons (Fsp3) is 0.800. The third-order valence-electron chi connectivity index (χ3n) is 5.33. The van der Waals surface area contributed by atoms with Crippen LogP contribution in [0.5, 0.6) is 0 Å². The summed E-state index contributed by atoms with van der Waals surface area (Å²) in [7, 11) is 3.27. The monoisotopic (exact) mass is 489 g/mol. The van der Waals surface area contributed by atoms with Crippen molar-refractivity contribution in [3.63, 3.8) is 0 Å². The number of carbonyl (C=O) groups is 3. The van der Waals surface area contributed by atoms with Crippen molar-refractivity contribution in [1.82, 2.24) is 4.90 Å². The van der Waals surface area contributed by atoms with Crippen LogP contribution in [0.4, 0.5) is 0 Å². The van der Waals surface area contributed by atoms with Gasteiger partial charge >= 0.3 is 11.9 Å². The summed E-state index contributed by atoms with van der Waals surface area (Å²) in [6.45, 7) is 3.76. The van der Waals surface area contributed by atoms with E-state index in [0.717, 1.165) is 57.8 Å². The standard InChI is InChI=1S/C25H44ClNO6/c1-21(28)32-18-14-10-9-12-16-23(26)15-11-7-5-6-8-13-17-25(30)27(3)24(19-31-4)20-33-22(2)29/h6,8,23-24H,5,7,9-20H2,1-4H3/t23?,24-/m0/s1. The minimum absolute atomic E-state index is 0.00483. The molecule has 1 amide bonds. The van der Waals surface area contributed by atoms with Crippen molar-refractivity contribution in [3.8, 4) is 0 Å². The highest BCUT2D eigenvalue weighted by molar-refractivity contribution is 6.20. The van der Waals surface area contributed by atoms with Crippen molar-refractivity contribution in [2.24, 2.45) is 0 Å². The zero-order chi connectivity index (χ0) is 24.9. The molecule has 0 N–H and O–H groups in total. The van der Waals surface area contributed by atoms with Gasteiger partial charge in [-0.2, -0.15) is 0 Å². The minimum atomic E-state index is -0.367. The van der Waals surface area contributed by atoms with E-state index in [-0.39, 0.29) is 35.9 Å². The highest BCUT2D eigenvalue weighted by Gasteiger charge is 2.20. The van der Waals surface area contributed by atoms with Crippen LogP contribution >= 0.6 is 11.6 Å². The lowest BCUT2D eigenvalue weighted by atomic mass is 10.1. The third kappa shape index (κ3) is 19.6. The molecule has 7 nitrogen and oxygen atoms in total. The van der Waals surface area contributed by atoms with E-state index in [1.165, 1.54) is 13.8 Å². The Morgan fingerprint density at radius 2 is 1.45 bits per heavy atom. The molecule has 8 heteroatoms. The predicted octanol–water partition coefficient (Wildman–Crippen LogP) is 5.04. The summed E-state index contributed by atoms with van der Waals surface area (Å²) in [5, 5.41) is 0.225. The first kappa shape index (κ1) is 31.4. The number of methoxy groups -OCH3 is 1. The van der Waals surface area contributed by atoms with Gasteiger partial charge in [-0.15, -0.1) is 11.6 Å². The number of alkyl halides is 1. The zero-order valence-electron chi connectivity index (χ0n) is 21.0. The number of amides is 1. The van der Waals surface area contributed by atoms with Crippen molar-refractivity contribution in [2.45, 2.75) is 95.9 Å². The molecule has 33 heavy (non-hydrogen) atoms. The number of likely N-dealkylation sites (N-methyl/N-ethyl adjacent to an activating group) is 1. The Balaban J connectivity index is 3.78. The van der Waals surface area contributed by atoms with Crippen molar-refractivity contribution in [1.29, 1.82) is 0 Å². The molecule has 1 unspecified atom stereocenters. The van der Waals surface area contributed by atoms with Crippen molar-refractivity contribution >= 4 is 29.4 Å². The summed E-state index contributed by atoms with van der Waals surface area (Å²) in [6, 6.07) is -0.278. The highest BCUT2D eigenvalue weighted by atomic mass is 35.5. The first-order valence-electron chi connectivity index (χ1n) is 12.1. The van der Waals surface area contributed by atoms with Gasteiger partial charge in [0.15, 0.2) is 0 Å². The number of hydrogen-bond donors (Lipinski definition) is 0. The van der Waals surface area contributed by atoms with E-state index >= 15 is 0 Å². The molecule has 2 atom stereocenters. The van der Waals surface area contributed by atoms with Crippen LogP contribution in [0.2, 0.25) is 0 Å². The second kappa shape index (κ2) is 21.0. The van der Waals surface area contributed by atoms with Crippen LogP contribution in [-0.4, -0.2) is 68.1 Å². The molecule has 0 spiro atoms. The number of unbranched alkanes of at least 4 members (excludes halogenated alkanes) is 5. The van der Waals surface area contributed by atoms with Gasteiger partial charge in [0.25, 0.3) is 0 Å². The van der Waals surface area contributed by atoms with Crippen molar-refractivity contribution < 1.29 is 28.6 Å². The van der Waals surface area contributed by atoms with E-state index in [9.17, 15) is 14.4 Å². The van der Waals surface area contributed by atoms with Gasteiger partial charge in [0.05, 0.1) is 19.3 Å². The van der Waals surface area contributed by atoms with Gasteiger partial charge in [0.2, 0.25) is 5.91 Å². The Morgan fingerprint density at radius 1 is 0.848 bits per heavy atom. The second-order valence-corrected chi connectivity index (χ2v) is 8.97. The fourth-order valence-corrected chi connectivity index (χ4v) is 3.62.